The lowest BCUT2D eigenvalue weighted by atomic mass is 10.2. The van der Waals surface area contributed by atoms with Crippen molar-refractivity contribution in [1.29, 1.82) is 0 Å². The van der Waals surface area contributed by atoms with Gasteiger partial charge in [-0.1, -0.05) is 51.3 Å². The van der Waals surface area contributed by atoms with E-state index in [2.05, 4.69) is 20.7 Å². The zero-order valence-corrected chi connectivity index (χ0v) is 17.4. The van der Waals surface area contributed by atoms with Gasteiger partial charge in [0.15, 0.2) is 0 Å². The van der Waals surface area contributed by atoms with Crippen molar-refractivity contribution in [2.24, 2.45) is 0 Å². The number of nitrogens with one attached hydrogen (secondary N) is 1. The SMILES string of the molecule is COc1ccc(COC(=O)CNS(=O)(=O)c2c(Cl)cc(Br)cc2Cl)cc1. The van der Waals surface area contributed by atoms with E-state index in [1.54, 1.807) is 31.4 Å². The summed E-state index contributed by atoms with van der Waals surface area (Å²) in [5.41, 5.74) is 0.737. The molecule has 0 atom stereocenters. The highest BCUT2D eigenvalue weighted by Crippen LogP contribution is 2.32. The van der Waals surface area contributed by atoms with E-state index in [4.69, 9.17) is 32.7 Å². The number of ether oxygens (including phenoxy) is 2. The lowest BCUT2D eigenvalue weighted by Gasteiger charge is -2.11. The monoisotopic (exact) mass is 481 g/mol. The molecule has 6 nitrogen and oxygen atoms in total. The van der Waals surface area contributed by atoms with Gasteiger partial charge in [0.25, 0.3) is 0 Å². The number of benzene rings is 2. The van der Waals surface area contributed by atoms with Crippen LogP contribution in [0.4, 0.5) is 0 Å². The minimum atomic E-state index is -4.08. The normalized spacial score (nSPS) is 11.2. The summed E-state index contributed by atoms with van der Waals surface area (Å²) >= 11 is 15.0. The number of rotatable bonds is 7. The van der Waals surface area contributed by atoms with Crippen molar-refractivity contribution in [3.8, 4) is 5.75 Å². The molecular weight excluding hydrogens is 469 g/mol. The molecule has 2 aromatic carbocycles. The highest BCUT2D eigenvalue weighted by molar-refractivity contribution is 9.10. The topological polar surface area (TPSA) is 81.7 Å². The maximum Gasteiger partial charge on any atom is 0.321 e. The van der Waals surface area contributed by atoms with Crippen LogP contribution in [0.25, 0.3) is 0 Å². The summed E-state index contributed by atoms with van der Waals surface area (Å²) in [5.74, 6) is -0.0650. The van der Waals surface area contributed by atoms with Gasteiger partial charge in [0, 0.05) is 4.47 Å². The minimum absolute atomic E-state index is 0.00432. The van der Waals surface area contributed by atoms with Gasteiger partial charge in [-0.15, -0.1) is 0 Å². The summed E-state index contributed by atoms with van der Waals surface area (Å²) < 4.78 is 37.4. The van der Waals surface area contributed by atoms with Crippen LogP contribution in [0.5, 0.6) is 5.75 Å². The Balaban J connectivity index is 1.95. The van der Waals surface area contributed by atoms with Crippen molar-refractivity contribution in [1.82, 2.24) is 4.72 Å². The van der Waals surface area contributed by atoms with Crippen molar-refractivity contribution in [2.45, 2.75) is 11.5 Å². The second-order valence-electron chi connectivity index (χ2n) is 5.03. The Morgan fingerprint density at radius 3 is 2.27 bits per heavy atom. The molecule has 0 fully saturated rings. The van der Waals surface area contributed by atoms with Gasteiger partial charge in [-0.3, -0.25) is 4.79 Å². The van der Waals surface area contributed by atoms with Gasteiger partial charge in [-0.05, 0) is 29.8 Å². The third-order valence-corrected chi connectivity index (χ3v) is 5.98. The van der Waals surface area contributed by atoms with Crippen LogP contribution < -0.4 is 9.46 Å². The van der Waals surface area contributed by atoms with E-state index in [-0.39, 0.29) is 21.5 Å². The summed E-state index contributed by atoms with van der Waals surface area (Å²) in [6.07, 6.45) is 0. The van der Waals surface area contributed by atoms with E-state index < -0.39 is 22.5 Å². The molecule has 0 aliphatic carbocycles. The molecule has 0 spiro atoms. The van der Waals surface area contributed by atoms with Gasteiger partial charge in [0.1, 0.15) is 23.8 Å². The predicted molar refractivity (Wildman–Crippen MR) is 102 cm³/mol. The first-order chi connectivity index (χ1) is 12.2. The highest BCUT2D eigenvalue weighted by Gasteiger charge is 2.23. The number of carbonyl (C=O) groups excluding carboxylic acids is 1. The van der Waals surface area contributed by atoms with Crippen molar-refractivity contribution >= 4 is 55.1 Å². The Labute approximate surface area is 169 Å². The van der Waals surface area contributed by atoms with E-state index in [1.807, 2.05) is 0 Å². The lowest BCUT2D eigenvalue weighted by molar-refractivity contribution is -0.143. The number of halogens is 3. The molecule has 1 N–H and O–H groups in total. The molecule has 2 rings (SSSR count). The fraction of sp³-hybridized carbons (Fsp3) is 0.188. The number of hydrogen-bond acceptors (Lipinski definition) is 5. The van der Waals surface area contributed by atoms with Crippen LogP contribution in [-0.4, -0.2) is 28.0 Å². The average Bonchev–Trinajstić information content (AvgIpc) is 2.57. The molecule has 0 saturated carbocycles. The van der Waals surface area contributed by atoms with Crippen LogP contribution in [0, 0.1) is 0 Å². The third-order valence-electron chi connectivity index (χ3n) is 3.20. The molecule has 0 amide bonds. The first-order valence-electron chi connectivity index (χ1n) is 7.15. The smallest absolute Gasteiger partial charge is 0.321 e. The molecule has 26 heavy (non-hydrogen) atoms. The molecule has 0 aromatic heterocycles. The molecule has 0 heterocycles. The molecule has 0 aliphatic heterocycles. The van der Waals surface area contributed by atoms with E-state index in [0.29, 0.717) is 10.2 Å². The van der Waals surface area contributed by atoms with Crippen LogP contribution in [0.3, 0.4) is 0 Å². The zero-order chi connectivity index (χ0) is 19.3. The predicted octanol–water partition coefficient (Wildman–Crippen LogP) is 3.79. The maximum absolute atomic E-state index is 12.3. The Morgan fingerprint density at radius 2 is 1.73 bits per heavy atom. The molecule has 0 unspecified atom stereocenters. The summed E-state index contributed by atoms with van der Waals surface area (Å²) in [4.78, 5) is 11.5. The molecule has 0 bridgehead atoms. The van der Waals surface area contributed by atoms with E-state index >= 15 is 0 Å². The fourth-order valence-corrected chi connectivity index (χ4v) is 4.85. The van der Waals surface area contributed by atoms with E-state index in [1.165, 1.54) is 12.1 Å². The highest BCUT2D eigenvalue weighted by atomic mass is 79.9. The van der Waals surface area contributed by atoms with Crippen LogP contribution in [0.2, 0.25) is 10.0 Å². The van der Waals surface area contributed by atoms with Crippen LogP contribution >= 0.6 is 39.1 Å². The van der Waals surface area contributed by atoms with Gasteiger partial charge in [0.2, 0.25) is 10.0 Å². The van der Waals surface area contributed by atoms with Gasteiger partial charge < -0.3 is 9.47 Å². The number of hydrogen-bond donors (Lipinski definition) is 1. The van der Waals surface area contributed by atoms with Crippen molar-refractivity contribution < 1.29 is 22.7 Å². The summed E-state index contributed by atoms with van der Waals surface area (Å²) in [6, 6.07) is 9.70. The number of methoxy groups -OCH3 is 1. The lowest BCUT2D eigenvalue weighted by Crippen LogP contribution is -2.31. The summed E-state index contributed by atoms with van der Waals surface area (Å²) in [7, 11) is -2.53. The Kier molecular flexibility index (Phi) is 7.31. The second kappa shape index (κ2) is 9.05. The van der Waals surface area contributed by atoms with Crippen molar-refractivity contribution in [2.75, 3.05) is 13.7 Å². The maximum atomic E-state index is 12.3. The van der Waals surface area contributed by atoms with Crippen LogP contribution in [-0.2, 0) is 26.2 Å². The first kappa shape index (κ1) is 21.0. The van der Waals surface area contributed by atoms with E-state index in [0.717, 1.165) is 5.56 Å². The van der Waals surface area contributed by atoms with Crippen molar-refractivity contribution in [3.05, 3.63) is 56.5 Å². The third kappa shape index (κ3) is 5.59. The number of sulfonamides is 1. The molecular formula is C16H14BrCl2NO5S. The molecule has 0 aliphatic rings. The zero-order valence-electron chi connectivity index (χ0n) is 13.5. The summed E-state index contributed by atoms with van der Waals surface area (Å²) in [6.45, 7) is -0.550. The van der Waals surface area contributed by atoms with Gasteiger partial charge in [0.05, 0.1) is 17.2 Å². The molecule has 0 saturated heterocycles. The largest absolute Gasteiger partial charge is 0.497 e. The molecule has 0 radical (unpaired) electrons. The van der Waals surface area contributed by atoms with Gasteiger partial charge in [-0.25, -0.2) is 8.42 Å². The van der Waals surface area contributed by atoms with Gasteiger partial charge >= 0.3 is 5.97 Å². The number of carbonyl (C=O) groups is 1. The second-order valence-corrected chi connectivity index (χ2v) is 8.47. The number of esters is 1. The first-order valence-corrected chi connectivity index (χ1v) is 10.2. The Hall–Kier alpha value is -1.32. The van der Waals surface area contributed by atoms with Crippen LogP contribution in [0.1, 0.15) is 5.56 Å². The van der Waals surface area contributed by atoms with E-state index in [9.17, 15) is 13.2 Å². The Morgan fingerprint density at radius 1 is 1.15 bits per heavy atom. The molecule has 140 valence electrons. The Bertz CT molecular complexity index is 880. The van der Waals surface area contributed by atoms with Crippen LogP contribution in [0.15, 0.2) is 45.8 Å². The average molecular weight is 483 g/mol. The molecule has 2 aromatic rings. The fourth-order valence-electron chi connectivity index (χ4n) is 1.95. The standard InChI is InChI=1S/C16H14BrCl2NO5S/c1-24-12-4-2-10(3-5-12)9-25-15(21)8-20-26(22,23)16-13(18)6-11(17)7-14(16)19/h2-7,20H,8-9H2,1H3. The molecule has 10 heteroatoms. The summed E-state index contributed by atoms with van der Waals surface area (Å²) in [5, 5.41) is -0.132. The quantitative estimate of drug-likeness (QED) is 0.607. The minimum Gasteiger partial charge on any atom is -0.497 e. The van der Waals surface area contributed by atoms with Gasteiger partial charge in [-0.2, -0.15) is 4.72 Å². The van der Waals surface area contributed by atoms with Crippen molar-refractivity contribution in [3.63, 3.8) is 0 Å².